The number of carbonyl (C=O) groups is 1. The summed E-state index contributed by atoms with van der Waals surface area (Å²) in [7, 11) is -2.55. The second kappa shape index (κ2) is 7.80. The fraction of sp³-hybridized carbons (Fsp3) is 0.125. The molecule has 6 heteroatoms. The SMILES string of the molecule is Cc1ccccc1CNC(=O)C1=C(c2ccccc2)c2ccccc2N(C)S1(=O)=O. The van der Waals surface area contributed by atoms with Gasteiger partial charge in [-0.1, -0.05) is 72.8 Å². The third-order valence-corrected chi connectivity index (χ3v) is 7.15. The molecule has 3 aromatic rings. The van der Waals surface area contributed by atoms with E-state index in [0.29, 0.717) is 22.4 Å². The first kappa shape index (κ1) is 19.9. The minimum Gasteiger partial charge on any atom is -0.347 e. The van der Waals surface area contributed by atoms with Gasteiger partial charge in [-0.25, -0.2) is 8.42 Å². The summed E-state index contributed by atoms with van der Waals surface area (Å²) in [4.78, 5) is 13.0. The first-order chi connectivity index (χ1) is 14.4. The molecule has 1 aliphatic heterocycles. The Bertz CT molecular complexity index is 1250. The highest BCUT2D eigenvalue weighted by atomic mass is 32.2. The van der Waals surface area contributed by atoms with E-state index in [1.807, 2.05) is 73.7 Å². The molecule has 1 N–H and O–H groups in total. The van der Waals surface area contributed by atoms with Crippen LogP contribution >= 0.6 is 0 Å². The van der Waals surface area contributed by atoms with Gasteiger partial charge >= 0.3 is 0 Å². The predicted molar refractivity (Wildman–Crippen MR) is 119 cm³/mol. The second-order valence-corrected chi connectivity index (χ2v) is 9.08. The Kier molecular flexibility index (Phi) is 5.18. The summed E-state index contributed by atoms with van der Waals surface area (Å²) in [6.07, 6.45) is 0. The van der Waals surface area contributed by atoms with Crippen LogP contribution in [0.3, 0.4) is 0 Å². The van der Waals surface area contributed by atoms with Gasteiger partial charge in [0.25, 0.3) is 15.9 Å². The third-order valence-electron chi connectivity index (χ3n) is 5.33. The number of amides is 1. The molecule has 0 spiro atoms. The molecule has 0 unspecified atom stereocenters. The van der Waals surface area contributed by atoms with Crippen LogP contribution in [0.1, 0.15) is 22.3 Å². The predicted octanol–water partition coefficient (Wildman–Crippen LogP) is 3.85. The Morgan fingerprint density at radius 2 is 1.53 bits per heavy atom. The topological polar surface area (TPSA) is 66.5 Å². The van der Waals surface area contributed by atoms with E-state index in [2.05, 4.69) is 5.32 Å². The molecule has 30 heavy (non-hydrogen) atoms. The highest BCUT2D eigenvalue weighted by Crippen LogP contribution is 2.41. The van der Waals surface area contributed by atoms with E-state index in [4.69, 9.17) is 0 Å². The van der Waals surface area contributed by atoms with Crippen LogP contribution < -0.4 is 9.62 Å². The van der Waals surface area contributed by atoms with E-state index >= 15 is 0 Å². The van der Waals surface area contributed by atoms with Crippen LogP contribution in [0, 0.1) is 6.92 Å². The number of carbonyl (C=O) groups excluding carboxylic acids is 1. The lowest BCUT2D eigenvalue weighted by atomic mass is 9.95. The third kappa shape index (κ3) is 3.39. The zero-order valence-electron chi connectivity index (χ0n) is 16.8. The van der Waals surface area contributed by atoms with Gasteiger partial charge in [0.2, 0.25) is 0 Å². The quantitative estimate of drug-likeness (QED) is 0.700. The Labute approximate surface area is 176 Å². The molecule has 0 radical (unpaired) electrons. The number of hydrogen-bond donors (Lipinski definition) is 1. The number of aryl methyl sites for hydroxylation is 1. The fourth-order valence-corrected chi connectivity index (χ4v) is 5.15. The molecule has 152 valence electrons. The lowest BCUT2D eigenvalue weighted by molar-refractivity contribution is -0.116. The van der Waals surface area contributed by atoms with Crippen LogP contribution in [0.5, 0.6) is 0 Å². The van der Waals surface area contributed by atoms with Gasteiger partial charge in [-0.15, -0.1) is 0 Å². The Morgan fingerprint density at radius 3 is 2.27 bits per heavy atom. The zero-order valence-corrected chi connectivity index (χ0v) is 17.6. The summed E-state index contributed by atoms with van der Waals surface area (Å²) in [5.41, 5.74) is 4.34. The highest BCUT2D eigenvalue weighted by Gasteiger charge is 2.39. The summed E-state index contributed by atoms with van der Waals surface area (Å²) in [5, 5.41) is 2.81. The van der Waals surface area contributed by atoms with Crippen LogP contribution in [-0.4, -0.2) is 21.4 Å². The van der Waals surface area contributed by atoms with Crippen LogP contribution in [0.25, 0.3) is 5.57 Å². The van der Waals surface area contributed by atoms with E-state index in [9.17, 15) is 13.2 Å². The first-order valence-corrected chi connectivity index (χ1v) is 11.1. The monoisotopic (exact) mass is 418 g/mol. The average molecular weight is 419 g/mol. The summed E-state index contributed by atoms with van der Waals surface area (Å²) in [5.74, 6) is -0.613. The van der Waals surface area contributed by atoms with Crippen molar-refractivity contribution in [3.63, 3.8) is 0 Å². The lowest BCUT2D eigenvalue weighted by Gasteiger charge is -2.30. The maximum Gasteiger partial charge on any atom is 0.270 e. The molecule has 1 aliphatic rings. The van der Waals surface area contributed by atoms with E-state index in [0.717, 1.165) is 11.1 Å². The number of para-hydroxylation sites is 1. The smallest absolute Gasteiger partial charge is 0.270 e. The van der Waals surface area contributed by atoms with E-state index in [1.54, 1.807) is 12.1 Å². The molecule has 0 bridgehead atoms. The number of hydrogen-bond acceptors (Lipinski definition) is 3. The molecule has 3 aromatic carbocycles. The van der Waals surface area contributed by atoms with Gasteiger partial charge in [-0.2, -0.15) is 0 Å². The van der Waals surface area contributed by atoms with Crippen molar-refractivity contribution in [2.75, 3.05) is 11.4 Å². The molecular formula is C24H22N2O3S. The largest absolute Gasteiger partial charge is 0.347 e. The van der Waals surface area contributed by atoms with Crippen LogP contribution in [-0.2, 0) is 21.4 Å². The summed E-state index contributed by atoms with van der Waals surface area (Å²) in [6.45, 7) is 2.20. The number of benzene rings is 3. The van der Waals surface area contributed by atoms with Gasteiger partial charge in [0.05, 0.1) is 5.69 Å². The molecule has 1 heterocycles. The number of sulfonamides is 1. The molecule has 4 rings (SSSR count). The van der Waals surface area contributed by atoms with Gasteiger partial charge < -0.3 is 5.32 Å². The Hall–Kier alpha value is -3.38. The second-order valence-electron chi connectivity index (χ2n) is 7.17. The molecular weight excluding hydrogens is 396 g/mol. The van der Waals surface area contributed by atoms with Gasteiger partial charge in [0.1, 0.15) is 0 Å². The minimum atomic E-state index is -4.03. The van der Waals surface area contributed by atoms with Crippen molar-refractivity contribution in [3.05, 3.63) is 106 Å². The van der Waals surface area contributed by atoms with Crippen LogP contribution in [0.15, 0.2) is 83.8 Å². The molecule has 0 aliphatic carbocycles. The summed E-state index contributed by atoms with van der Waals surface area (Å²) < 4.78 is 28.0. The molecule has 0 aromatic heterocycles. The summed E-state index contributed by atoms with van der Waals surface area (Å²) in [6, 6.07) is 24.1. The number of nitrogens with one attached hydrogen (secondary N) is 1. The maximum absolute atomic E-state index is 13.4. The van der Waals surface area contributed by atoms with Crippen molar-refractivity contribution in [1.82, 2.24) is 5.32 Å². The van der Waals surface area contributed by atoms with Crippen molar-refractivity contribution in [2.24, 2.45) is 0 Å². The van der Waals surface area contributed by atoms with E-state index in [-0.39, 0.29) is 11.4 Å². The number of fused-ring (bicyclic) bond motifs is 1. The Morgan fingerprint density at radius 1 is 0.900 bits per heavy atom. The molecule has 0 saturated heterocycles. The summed E-state index contributed by atoms with van der Waals surface area (Å²) >= 11 is 0. The number of anilines is 1. The molecule has 0 atom stereocenters. The van der Waals surface area contributed by atoms with Crippen molar-refractivity contribution >= 4 is 27.2 Å². The van der Waals surface area contributed by atoms with Crippen LogP contribution in [0.4, 0.5) is 5.69 Å². The lowest BCUT2D eigenvalue weighted by Crippen LogP contribution is -2.39. The number of nitrogens with zero attached hydrogens (tertiary/aromatic N) is 1. The maximum atomic E-state index is 13.4. The van der Waals surface area contributed by atoms with Crippen LogP contribution in [0.2, 0.25) is 0 Å². The molecule has 5 nitrogen and oxygen atoms in total. The highest BCUT2D eigenvalue weighted by molar-refractivity contribution is 7.97. The van der Waals surface area contributed by atoms with Crippen molar-refractivity contribution < 1.29 is 13.2 Å². The molecule has 1 amide bonds. The van der Waals surface area contributed by atoms with Crippen molar-refractivity contribution in [2.45, 2.75) is 13.5 Å². The van der Waals surface area contributed by atoms with Gasteiger partial charge in [-0.3, -0.25) is 9.10 Å². The fourth-order valence-electron chi connectivity index (χ4n) is 3.66. The molecule has 0 saturated carbocycles. The van der Waals surface area contributed by atoms with Gasteiger partial charge in [0.15, 0.2) is 4.91 Å². The minimum absolute atomic E-state index is 0.233. The zero-order chi connectivity index (χ0) is 21.3. The van der Waals surface area contributed by atoms with E-state index < -0.39 is 15.9 Å². The molecule has 0 fully saturated rings. The normalized spacial score (nSPS) is 14.9. The van der Waals surface area contributed by atoms with Crippen molar-refractivity contribution in [1.29, 1.82) is 0 Å². The van der Waals surface area contributed by atoms with E-state index in [1.165, 1.54) is 11.4 Å². The van der Waals surface area contributed by atoms with Gasteiger partial charge in [-0.05, 0) is 29.7 Å². The first-order valence-electron chi connectivity index (χ1n) is 9.62. The standard InChI is InChI=1S/C24H22N2O3S/c1-17-10-6-7-13-19(17)16-25-24(27)23-22(18-11-4-3-5-12-18)20-14-8-9-15-21(20)26(2)30(23,28)29/h3-15H,16H2,1-2H3,(H,25,27). The Balaban J connectivity index is 1.87. The van der Waals surface area contributed by atoms with Gasteiger partial charge in [0, 0.05) is 24.7 Å². The average Bonchev–Trinajstić information content (AvgIpc) is 2.76. The van der Waals surface area contributed by atoms with Crippen molar-refractivity contribution in [3.8, 4) is 0 Å². The number of rotatable bonds is 4.